The van der Waals surface area contributed by atoms with Gasteiger partial charge >= 0.3 is 0 Å². The summed E-state index contributed by atoms with van der Waals surface area (Å²) in [5, 5.41) is 3.24. The van der Waals surface area contributed by atoms with Crippen LogP contribution >= 0.6 is 0 Å². The molecule has 0 aromatic carbocycles. The van der Waals surface area contributed by atoms with E-state index in [4.69, 9.17) is 4.74 Å². The lowest BCUT2D eigenvalue weighted by molar-refractivity contribution is -0.137. The van der Waals surface area contributed by atoms with E-state index in [0.29, 0.717) is 5.91 Å². The van der Waals surface area contributed by atoms with Gasteiger partial charge < -0.3 is 15.0 Å². The van der Waals surface area contributed by atoms with Gasteiger partial charge in [-0.25, -0.2) is 0 Å². The quantitative estimate of drug-likeness (QED) is 0.804. The Labute approximate surface area is 147 Å². The molecule has 0 bridgehead atoms. The van der Waals surface area contributed by atoms with Crippen molar-refractivity contribution in [1.82, 2.24) is 15.1 Å². The van der Waals surface area contributed by atoms with Crippen molar-refractivity contribution in [2.75, 3.05) is 53.0 Å². The number of carbonyl (C=O) groups is 1. The van der Waals surface area contributed by atoms with Gasteiger partial charge in [-0.15, -0.1) is 0 Å². The fourth-order valence-corrected chi connectivity index (χ4v) is 4.89. The lowest BCUT2D eigenvalue weighted by Crippen LogP contribution is -2.54. The van der Waals surface area contributed by atoms with Gasteiger partial charge in [0.2, 0.25) is 5.91 Å². The Balaban J connectivity index is 1.53. The van der Waals surface area contributed by atoms with E-state index in [9.17, 15) is 4.79 Å². The number of rotatable bonds is 6. The standard InChI is InChI=1S/C19H35N3O2/c1-20-9-4-17-5-10-21(11-6-17)18(23)16-19(7-2-3-8-19)22-12-14-24-15-13-22/h17,20H,2-16H2,1H3. The van der Waals surface area contributed by atoms with E-state index < -0.39 is 0 Å². The zero-order chi connectivity index (χ0) is 16.8. The zero-order valence-electron chi connectivity index (χ0n) is 15.4. The van der Waals surface area contributed by atoms with E-state index >= 15 is 0 Å². The van der Waals surface area contributed by atoms with E-state index in [1.165, 1.54) is 44.9 Å². The van der Waals surface area contributed by atoms with Gasteiger partial charge in [0.25, 0.3) is 0 Å². The summed E-state index contributed by atoms with van der Waals surface area (Å²) in [6.07, 6.45) is 9.27. The monoisotopic (exact) mass is 337 g/mol. The highest BCUT2D eigenvalue weighted by molar-refractivity contribution is 5.77. The molecular weight excluding hydrogens is 302 g/mol. The number of piperidine rings is 1. The lowest BCUT2D eigenvalue weighted by atomic mass is 9.88. The molecular formula is C19H35N3O2. The third-order valence-corrected chi connectivity index (χ3v) is 6.47. The first kappa shape index (κ1) is 18.2. The second kappa shape index (κ2) is 8.63. The van der Waals surface area contributed by atoms with Crippen molar-refractivity contribution >= 4 is 5.91 Å². The van der Waals surface area contributed by atoms with Crippen molar-refractivity contribution in [1.29, 1.82) is 0 Å². The third kappa shape index (κ3) is 4.30. The van der Waals surface area contributed by atoms with Crippen molar-refractivity contribution in [3.05, 3.63) is 0 Å². The molecule has 3 aliphatic rings. The molecule has 24 heavy (non-hydrogen) atoms. The van der Waals surface area contributed by atoms with Gasteiger partial charge in [0.1, 0.15) is 0 Å². The first-order valence-corrected chi connectivity index (χ1v) is 9.99. The summed E-state index contributed by atoms with van der Waals surface area (Å²) in [4.78, 5) is 17.7. The SMILES string of the molecule is CNCCC1CCN(C(=O)CC2(N3CCOCC3)CCCC2)CC1. The molecule has 2 saturated heterocycles. The minimum Gasteiger partial charge on any atom is -0.379 e. The number of likely N-dealkylation sites (tertiary alicyclic amines) is 1. The summed E-state index contributed by atoms with van der Waals surface area (Å²) in [6, 6.07) is 0. The molecule has 138 valence electrons. The van der Waals surface area contributed by atoms with Crippen LogP contribution in [0.3, 0.4) is 0 Å². The van der Waals surface area contributed by atoms with Gasteiger partial charge in [0.05, 0.1) is 13.2 Å². The van der Waals surface area contributed by atoms with Gasteiger partial charge in [0, 0.05) is 38.1 Å². The fourth-order valence-electron chi connectivity index (χ4n) is 4.89. The molecule has 1 saturated carbocycles. The molecule has 0 aromatic heterocycles. The first-order chi connectivity index (χ1) is 11.7. The molecule has 2 aliphatic heterocycles. The number of hydrogen-bond acceptors (Lipinski definition) is 4. The molecule has 0 radical (unpaired) electrons. The maximum atomic E-state index is 13.0. The summed E-state index contributed by atoms with van der Waals surface area (Å²) < 4.78 is 5.53. The van der Waals surface area contributed by atoms with E-state index in [0.717, 1.165) is 58.3 Å². The number of hydrogen-bond donors (Lipinski definition) is 1. The topological polar surface area (TPSA) is 44.8 Å². The molecule has 5 heteroatoms. The van der Waals surface area contributed by atoms with Crippen LogP contribution in [0, 0.1) is 5.92 Å². The van der Waals surface area contributed by atoms with Crippen LogP contribution in [0.4, 0.5) is 0 Å². The molecule has 0 unspecified atom stereocenters. The highest BCUT2D eigenvalue weighted by Gasteiger charge is 2.42. The minimum absolute atomic E-state index is 0.129. The molecule has 3 fully saturated rings. The maximum absolute atomic E-state index is 13.0. The van der Waals surface area contributed by atoms with Crippen LogP contribution in [0.2, 0.25) is 0 Å². The summed E-state index contributed by atoms with van der Waals surface area (Å²) >= 11 is 0. The molecule has 0 aromatic rings. The van der Waals surface area contributed by atoms with Crippen LogP contribution < -0.4 is 5.32 Å². The minimum atomic E-state index is 0.129. The highest BCUT2D eigenvalue weighted by Crippen LogP contribution is 2.39. The van der Waals surface area contributed by atoms with Crippen LogP contribution in [-0.2, 0) is 9.53 Å². The summed E-state index contributed by atoms with van der Waals surface area (Å²) in [5.41, 5.74) is 0.129. The molecule has 1 aliphatic carbocycles. The second-order valence-electron chi connectivity index (χ2n) is 7.92. The van der Waals surface area contributed by atoms with Gasteiger partial charge in [-0.05, 0) is 51.6 Å². The van der Waals surface area contributed by atoms with Crippen molar-refractivity contribution in [2.24, 2.45) is 5.92 Å². The Hall–Kier alpha value is -0.650. The van der Waals surface area contributed by atoms with Crippen molar-refractivity contribution in [3.63, 3.8) is 0 Å². The van der Waals surface area contributed by atoms with Crippen molar-refractivity contribution in [2.45, 2.75) is 56.9 Å². The number of amides is 1. The van der Waals surface area contributed by atoms with Gasteiger partial charge in [-0.2, -0.15) is 0 Å². The lowest BCUT2D eigenvalue weighted by Gasteiger charge is -2.44. The number of ether oxygens (including phenoxy) is 1. The molecule has 1 N–H and O–H groups in total. The Morgan fingerprint density at radius 3 is 2.42 bits per heavy atom. The number of nitrogens with one attached hydrogen (secondary N) is 1. The second-order valence-corrected chi connectivity index (χ2v) is 7.92. The molecule has 5 nitrogen and oxygen atoms in total. The summed E-state index contributed by atoms with van der Waals surface area (Å²) in [7, 11) is 2.02. The first-order valence-electron chi connectivity index (χ1n) is 9.99. The van der Waals surface area contributed by atoms with Crippen LogP contribution in [0.1, 0.15) is 51.4 Å². The van der Waals surface area contributed by atoms with E-state index in [2.05, 4.69) is 15.1 Å². The average molecular weight is 338 g/mol. The zero-order valence-corrected chi connectivity index (χ0v) is 15.4. The average Bonchev–Trinajstić information content (AvgIpc) is 3.11. The number of nitrogens with zero attached hydrogens (tertiary/aromatic N) is 2. The van der Waals surface area contributed by atoms with Gasteiger partial charge in [-0.3, -0.25) is 9.69 Å². The fraction of sp³-hybridized carbons (Fsp3) is 0.947. The third-order valence-electron chi connectivity index (χ3n) is 6.47. The smallest absolute Gasteiger partial charge is 0.224 e. The normalized spacial score (nSPS) is 26.0. The van der Waals surface area contributed by atoms with Gasteiger partial charge in [-0.1, -0.05) is 12.8 Å². The highest BCUT2D eigenvalue weighted by atomic mass is 16.5. The summed E-state index contributed by atoms with van der Waals surface area (Å²) in [5.74, 6) is 1.19. The van der Waals surface area contributed by atoms with Gasteiger partial charge in [0.15, 0.2) is 0 Å². The number of carbonyl (C=O) groups excluding carboxylic acids is 1. The summed E-state index contributed by atoms with van der Waals surface area (Å²) in [6.45, 7) is 6.68. The molecule has 0 atom stereocenters. The predicted octanol–water partition coefficient (Wildman–Crippen LogP) is 1.87. The molecule has 3 rings (SSSR count). The predicted molar refractivity (Wildman–Crippen MR) is 96.1 cm³/mol. The van der Waals surface area contributed by atoms with E-state index in [1.54, 1.807) is 0 Å². The Morgan fingerprint density at radius 1 is 1.12 bits per heavy atom. The number of morpholine rings is 1. The van der Waals surface area contributed by atoms with Crippen LogP contribution in [0.25, 0.3) is 0 Å². The van der Waals surface area contributed by atoms with E-state index in [1.807, 2.05) is 7.05 Å². The van der Waals surface area contributed by atoms with Crippen LogP contribution in [0.5, 0.6) is 0 Å². The Kier molecular flexibility index (Phi) is 6.53. The molecule has 1 amide bonds. The van der Waals surface area contributed by atoms with Crippen LogP contribution in [0.15, 0.2) is 0 Å². The Bertz CT molecular complexity index is 395. The van der Waals surface area contributed by atoms with Crippen molar-refractivity contribution < 1.29 is 9.53 Å². The van der Waals surface area contributed by atoms with Crippen LogP contribution in [-0.4, -0.2) is 74.2 Å². The van der Waals surface area contributed by atoms with E-state index in [-0.39, 0.29) is 5.54 Å². The van der Waals surface area contributed by atoms with Crippen molar-refractivity contribution in [3.8, 4) is 0 Å². The largest absolute Gasteiger partial charge is 0.379 e. The Morgan fingerprint density at radius 2 is 1.79 bits per heavy atom. The maximum Gasteiger partial charge on any atom is 0.224 e. The molecule has 2 heterocycles. The molecule has 0 spiro atoms.